The van der Waals surface area contributed by atoms with Gasteiger partial charge in [0, 0.05) is 26.3 Å². The predicted molar refractivity (Wildman–Crippen MR) is 68.3 cm³/mol. The van der Waals surface area contributed by atoms with Crippen LogP contribution in [0.15, 0.2) is 0 Å². The molecule has 1 saturated carbocycles. The van der Waals surface area contributed by atoms with E-state index < -0.39 is 0 Å². The number of ether oxygens (including phenoxy) is 2. The van der Waals surface area contributed by atoms with E-state index in [4.69, 9.17) is 9.47 Å². The summed E-state index contributed by atoms with van der Waals surface area (Å²) < 4.78 is 11.2. The second kappa shape index (κ2) is 6.14. The Hall–Kier alpha value is -0.160. The number of hydrogen-bond donors (Lipinski definition) is 1. The van der Waals surface area contributed by atoms with Crippen molar-refractivity contribution in [2.45, 2.75) is 50.0 Å². The average molecular weight is 242 g/mol. The Morgan fingerprint density at radius 1 is 1.00 bits per heavy atom. The summed E-state index contributed by atoms with van der Waals surface area (Å²) in [5.74, 6) is 0. The Labute approximate surface area is 105 Å². The van der Waals surface area contributed by atoms with Crippen molar-refractivity contribution in [2.24, 2.45) is 0 Å². The summed E-state index contributed by atoms with van der Waals surface area (Å²) in [7, 11) is 5.66. The van der Waals surface area contributed by atoms with E-state index >= 15 is 0 Å². The number of rotatable bonds is 4. The summed E-state index contributed by atoms with van der Waals surface area (Å²) in [6, 6.07) is 1.14. The molecule has 1 aliphatic carbocycles. The normalized spacial score (nSPS) is 39.7. The fourth-order valence-electron chi connectivity index (χ4n) is 3.40. The van der Waals surface area contributed by atoms with Gasteiger partial charge in [0.05, 0.1) is 12.2 Å². The van der Waals surface area contributed by atoms with Crippen molar-refractivity contribution in [1.82, 2.24) is 10.2 Å². The molecule has 0 amide bonds. The van der Waals surface area contributed by atoms with Gasteiger partial charge in [-0.25, -0.2) is 0 Å². The van der Waals surface area contributed by atoms with Gasteiger partial charge < -0.3 is 14.8 Å². The maximum absolute atomic E-state index is 5.60. The van der Waals surface area contributed by atoms with Crippen LogP contribution in [0.1, 0.15) is 25.7 Å². The first-order valence-electron chi connectivity index (χ1n) is 6.77. The molecule has 2 aliphatic rings. The number of nitrogens with one attached hydrogen (secondary N) is 1. The van der Waals surface area contributed by atoms with E-state index in [2.05, 4.69) is 17.3 Å². The number of likely N-dealkylation sites (tertiary alicyclic amines) is 1. The molecule has 0 unspecified atom stereocenters. The summed E-state index contributed by atoms with van der Waals surface area (Å²) in [4.78, 5) is 2.62. The lowest BCUT2D eigenvalue weighted by Gasteiger charge is -2.43. The molecule has 0 bridgehead atoms. The van der Waals surface area contributed by atoms with E-state index in [0.29, 0.717) is 12.1 Å². The van der Waals surface area contributed by atoms with Gasteiger partial charge in [-0.1, -0.05) is 0 Å². The number of nitrogens with zero attached hydrogens (tertiary/aromatic N) is 1. The van der Waals surface area contributed by atoms with E-state index in [1.165, 1.54) is 25.9 Å². The van der Waals surface area contributed by atoms with Crippen molar-refractivity contribution in [2.75, 3.05) is 34.4 Å². The van der Waals surface area contributed by atoms with Crippen LogP contribution in [0.25, 0.3) is 0 Å². The standard InChI is InChI=1S/C13H26N2O2/c1-14-10-8-12(16-2)13(17-3)9-11(10)15-6-4-5-7-15/h10-14H,4-9H2,1-3H3/t10-,11-,12-,13+/m0/s1. The van der Waals surface area contributed by atoms with Gasteiger partial charge in [-0.05, 0) is 45.8 Å². The van der Waals surface area contributed by atoms with Gasteiger partial charge >= 0.3 is 0 Å². The molecule has 4 nitrogen and oxygen atoms in total. The Morgan fingerprint density at radius 3 is 2.12 bits per heavy atom. The van der Waals surface area contributed by atoms with Gasteiger partial charge in [0.15, 0.2) is 0 Å². The Bertz CT molecular complexity index is 231. The topological polar surface area (TPSA) is 33.7 Å². The van der Waals surface area contributed by atoms with Crippen LogP contribution in [-0.2, 0) is 9.47 Å². The minimum Gasteiger partial charge on any atom is -0.379 e. The van der Waals surface area contributed by atoms with Crippen molar-refractivity contribution < 1.29 is 9.47 Å². The summed E-state index contributed by atoms with van der Waals surface area (Å²) >= 11 is 0. The Kier molecular flexibility index (Phi) is 4.79. The van der Waals surface area contributed by atoms with Crippen molar-refractivity contribution in [1.29, 1.82) is 0 Å². The molecule has 1 saturated heterocycles. The highest BCUT2D eigenvalue weighted by molar-refractivity contribution is 4.96. The largest absolute Gasteiger partial charge is 0.379 e. The average Bonchev–Trinajstić information content (AvgIpc) is 2.90. The molecule has 1 heterocycles. The SMILES string of the molecule is CN[C@H]1C[C@H](OC)[C@H](OC)C[C@@H]1N1CCCC1. The van der Waals surface area contributed by atoms with Crippen LogP contribution in [0.5, 0.6) is 0 Å². The molecule has 2 fully saturated rings. The van der Waals surface area contributed by atoms with Crippen LogP contribution in [0.3, 0.4) is 0 Å². The van der Waals surface area contributed by atoms with Gasteiger partial charge in [-0.15, -0.1) is 0 Å². The van der Waals surface area contributed by atoms with Gasteiger partial charge in [0.25, 0.3) is 0 Å². The molecule has 17 heavy (non-hydrogen) atoms. The fraction of sp³-hybridized carbons (Fsp3) is 1.00. The summed E-state index contributed by atoms with van der Waals surface area (Å²) in [6.45, 7) is 2.49. The minimum atomic E-state index is 0.233. The van der Waals surface area contributed by atoms with Gasteiger partial charge in [-0.2, -0.15) is 0 Å². The molecule has 100 valence electrons. The van der Waals surface area contributed by atoms with E-state index in [9.17, 15) is 0 Å². The molecule has 0 aromatic carbocycles. The van der Waals surface area contributed by atoms with Crippen molar-refractivity contribution in [3.63, 3.8) is 0 Å². The van der Waals surface area contributed by atoms with E-state index in [1.807, 2.05) is 0 Å². The van der Waals surface area contributed by atoms with Crippen LogP contribution < -0.4 is 5.32 Å². The van der Waals surface area contributed by atoms with Crippen LogP contribution in [0.2, 0.25) is 0 Å². The molecule has 4 atom stereocenters. The Balaban J connectivity index is 2.03. The van der Waals surface area contributed by atoms with Crippen molar-refractivity contribution >= 4 is 0 Å². The lowest BCUT2D eigenvalue weighted by atomic mass is 9.85. The number of likely N-dealkylation sites (N-methyl/N-ethyl adjacent to an activating group) is 1. The molecule has 0 spiro atoms. The molecular weight excluding hydrogens is 216 g/mol. The smallest absolute Gasteiger partial charge is 0.0848 e. The number of methoxy groups -OCH3 is 2. The molecule has 4 heteroatoms. The van der Waals surface area contributed by atoms with E-state index in [0.717, 1.165) is 12.8 Å². The van der Waals surface area contributed by atoms with Gasteiger partial charge in [-0.3, -0.25) is 4.90 Å². The molecular formula is C13H26N2O2. The molecule has 0 aromatic rings. The summed E-state index contributed by atoms with van der Waals surface area (Å²) in [6.07, 6.45) is 5.30. The van der Waals surface area contributed by atoms with Gasteiger partial charge in [0.1, 0.15) is 0 Å². The maximum atomic E-state index is 5.60. The lowest BCUT2D eigenvalue weighted by Crippen LogP contribution is -2.57. The van der Waals surface area contributed by atoms with Crippen LogP contribution in [0, 0.1) is 0 Å². The quantitative estimate of drug-likeness (QED) is 0.793. The van der Waals surface area contributed by atoms with Crippen molar-refractivity contribution in [3.8, 4) is 0 Å². The van der Waals surface area contributed by atoms with Crippen LogP contribution >= 0.6 is 0 Å². The zero-order chi connectivity index (χ0) is 12.3. The van der Waals surface area contributed by atoms with Crippen LogP contribution in [-0.4, -0.2) is 63.5 Å². The van der Waals surface area contributed by atoms with Crippen molar-refractivity contribution in [3.05, 3.63) is 0 Å². The zero-order valence-electron chi connectivity index (χ0n) is 11.3. The predicted octanol–water partition coefficient (Wildman–Crippen LogP) is 0.863. The second-order valence-corrected chi connectivity index (χ2v) is 5.23. The minimum absolute atomic E-state index is 0.233. The Morgan fingerprint density at radius 2 is 1.59 bits per heavy atom. The molecule has 0 radical (unpaired) electrons. The highest BCUT2D eigenvalue weighted by atomic mass is 16.5. The third-order valence-electron chi connectivity index (χ3n) is 4.43. The first-order chi connectivity index (χ1) is 8.30. The third-order valence-corrected chi connectivity index (χ3v) is 4.43. The summed E-state index contributed by atoms with van der Waals surface area (Å²) in [5, 5.41) is 3.46. The molecule has 1 N–H and O–H groups in total. The second-order valence-electron chi connectivity index (χ2n) is 5.23. The molecule has 1 aliphatic heterocycles. The molecule has 2 rings (SSSR count). The zero-order valence-corrected chi connectivity index (χ0v) is 11.3. The lowest BCUT2D eigenvalue weighted by molar-refractivity contribution is -0.0843. The highest BCUT2D eigenvalue weighted by Gasteiger charge is 2.40. The van der Waals surface area contributed by atoms with Crippen LogP contribution in [0.4, 0.5) is 0 Å². The molecule has 0 aromatic heterocycles. The highest BCUT2D eigenvalue weighted by Crippen LogP contribution is 2.29. The monoisotopic (exact) mass is 242 g/mol. The maximum Gasteiger partial charge on any atom is 0.0848 e. The van der Waals surface area contributed by atoms with E-state index in [-0.39, 0.29) is 12.2 Å². The first-order valence-corrected chi connectivity index (χ1v) is 6.77. The van der Waals surface area contributed by atoms with E-state index in [1.54, 1.807) is 14.2 Å². The third kappa shape index (κ3) is 2.81. The van der Waals surface area contributed by atoms with Gasteiger partial charge in [0.2, 0.25) is 0 Å². The summed E-state index contributed by atoms with van der Waals surface area (Å²) in [5.41, 5.74) is 0. The first kappa shape index (κ1) is 13.3. The number of hydrogen-bond acceptors (Lipinski definition) is 4. The fourth-order valence-corrected chi connectivity index (χ4v) is 3.40.